The number of benzene rings is 2. The summed E-state index contributed by atoms with van der Waals surface area (Å²) in [5.41, 5.74) is 8.56. The summed E-state index contributed by atoms with van der Waals surface area (Å²) in [6, 6.07) is 9.78. The Morgan fingerprint density at radius 3 is 1.96 bits per heavy atom. The van der Waals surface area contributed by atoms with Crippen LogP contribution in [0.4, 0.5) is 0 Å². The van der Waals surface area contributed by atoms with E-state index in [4.69, 9.17) is 34.2 Å². The van der Waals surface area contributed by atoms with E-state index in [1.165, 1.54) is 34.8 Å². The number of carbonyl (C=O) groups is 6. The molecule has 1 heterocycles. The summed E-state index contributed by atoms with van der Waals surface area (Å²) in [6.07, 6.45) is -0.509. The fraction of sp³-hybridized carbons (Fsp3) is 0.524. The maximum atomic E-state index is 13.0. The first-order valence-corrected chi connectivity index (χ1v) is 18.5. The lowest BCUT2D eigenvalue weighted by molar-refractivity contribution is -0.254. The molecular formula is C42H56N2O12. The molecule has 2 aromatic rings. The summed E-state index contributed by atoms with van der Waals surface area (Å²) in [6.45, 7) is 15.1. The zero-order chi connectivity index (χ0) is 42.1. The molecule has 14 nitrogen and oxygen atoms in total. The zero-order valence-electron chi connectivity index (χ0n) is 34.2. The van der Waals surface area contributed by atoms with E-state index in [1.54, 1.807) is 33.8 Å². The lowest BCUT2D eigenvalue weighted by Gasteiger charge is -2.45. The molecule has 2 amide bonds. The monoisotopic (exact) mass is 780 g/mol. The molecule has 56 heavy (non-hydrogen) atoms. The summed E-state index contributed by atoms with van der Waals surface area (Å²) in [5.74, 6) is -3.33. The molecule has 2 aromatic carbocycles. The molecule has 1 aliphatic heterocycles. The van der Waals surface area contributed by atoms with E-state index in [9.17, 15) is 28.8 Å². The molecule has 0 bridgehead atoms. The van der Waals surface area contributed by atoms with E-state index in [1.807, 2.05) is 43.3 Å². The van der Waals surface area contributed by atoms with Crippen LogP contribution >= 0.6 is 0 Å². The van der Waals surface area contributed by atoms with Gasteiger partial charge < -0.3 is 39.5 Å². The van der Waals surface area contributed by atoms with Crippen LogP contribution in [0.1, 0.15) is 108 Å². The van der Waals surface area contributed by atoms with Crippen LogP contribution in [0.15, 0.2) is 36.4 Å². The molecule has 0 saturated carbocycles. The Balaban J connectivity index is 2.11. The van der Waals surface area contributed by atoms with Crippen molar-refractivity contribution in [2.75, 3.05) is 13.7 Å². The third kappa shape index (κ3) is 11.9. The van der Waals surface area contributed by atoms with Gasteiger partial charge in [-0.2, -0.15) is 0 Å². The van der Waals surface area contributed by atoms with Crippen LogP contribution in [-0.4, -0.2) is 79.4 Å². The first-order chi connectivity index (χ1) is 26.1. The lowest BCUT2D eigenvalue weighted by atomic mass is 9.86. The van der Waals surface area contributed by atoms with Crippen LogP contribution in [0.3, 0.4) is 0 Å². The number of aryl methyl sites for hydroxylation is 2. The smallest absolute Gasteiger partial charge is 0.303 e. The van der Waals surface area contributed by atoms with Crippen LogP contribution in [0.25, 0.3) is 6.08 Å². The molecule has 0 spiro atoms. The Bertz CT molecular complexity index is 1830. The fourth-order valence-electron chi connectivity index (χ4n) is 6.34. The molecule has 14 heteroatoms. The van der Waals surface area contributed by atoms with Gasteiger partial charge in [-0.3, -0.25) is 28.8 Å². The van der Waals surface area contributed by atoms with Crippen molar-refractivity contribution in [3.63, 3.8) is 0 Å². The van der Waals surface area contributed by atoms with Crippen molar-refractivity contribution < 1.29 is 57.2 Å². The molecule has 306 valence electrons. The lowest BCUT2D eigenvalue weighted by Crippen LogP contribution is -2.59. The highest BCUT2D eigenvalue weighted by Gasteiger charge is 2.53. The maximum absolute atomic E-state index is 13.0. The Hall–Kier alpha value is -5.24. The Morgan fingerprint density at radius 1 is 0.821 bits per heavy atom. The van der Waals surface area contributed by atoms with E-state index >= 15 is 0 Å². The predicted octanol–water partition coefficient (Wildman–Crippen LogP) is 4.76. The summed E-state index contributed by atoms with van der Waals surface area (Å²) in [4.78, 5) is 73.9. The van der Waals surface area contributed by atoms with Crippen molar-refractivity contribution >= 4 is 41.8 Å². The van der Waals surface area contributed by atoms with Crippen LogP contribution in [-0.2, 0) is 65.3 Å². The highest BCUT2D eigenvalue weighted by molar-refractivity contribution is 5.92. The maximum Gasteiger partial charge on any atom is 0.303 e. The van der Waals surface area contributed by atoms with Crippen LogP contribution in [0, 0.1) is 12.3 Å². The van der Waals surface area contributed by atoms with Gasteiger partial charge in [0.1, 0.15) is 30.1 Å². The van der Waals surface area contributed by atoms with Crippen LogP contribution < -0.4 is 15.8 Å². The molecular weight excluding hydrogens is 724 g/mol. The average molecular weight is 781 g/mol. The van der Waals surface area contributed by atoms with Crippen molar-refractivity contribution in [1.29, 1.82) is 0 Å². The summed E-state index contributed by atoms with van der Waals surface area (Å²) in [7, 11) is 1.50. The molecule has 5 atom stereocenters. The van der Waals surface area contributed by atoms with E-state index < -0.39 is 71.3 Å². The van der Waals surface area contributed by atoms with Gasteiger partial charge in [-0.05, 0) is 87.4 Å². The minimum atomic E-state index is -1.34. The molecule has 1 saturated heterocycles. The van der Waals surface area contributed by atoms with Crippen molar-refractivity contribution in [2.45, 2.75) is 125 Å². The Labute approximate surface area is 328 Å². The summed E-state index contributed by atoms with van der Waals surface area (Å²) >= 11 is 0. The van der Waals surface area contributed by atoms with Crippen LogP contribution in [0.5, 0.6) is 5.75 Å². The third-order valence-corrected chi connectivity index (χ3v) is 9.44. The van der Waals surface area contributed by atoms with Gasteiger partial charge in [0.2, 0.25) is 11.8 Å². The van der Waals surface area contributed by atoms with Gasteiger partial charge in [-0.15, -0.1) is 0 Å². The predicted molar refractivity (Wildman–Crippen MR) is 206 cm³/mol. The fourth-order valence-corrected chi connectivity index (χ4v) is 6.34. The Morgan fingerprint density at radius 2 is 1.43 bits per heavy atom. The first-order valence-electron chi connectivity index (χ1n) is 18.5. The molecule has 3 N–H and O–H groups in total. The molecule has 1 fully saturated rings. The van der Waals surface area contributed by atoms with E-state index in [2.05, 4.69) is 12.2 Å². The highest BCUT2D eigenvalue weighted by Crippen LogP contribution is 2.42. The van der Waals surface area contributed by atoms with Gasteiger partial charge in [0.15, 0.2) is 18.3 Å². The quantitative estimate of drug-likeness (QED) is 0.175. The van der Waals surface area contributed by atoms with Crippen molar-refractivity contribution in [1.82, 2.24) is 5.32 Å². The van der Waals surface area contributed by atoms with Crippen molar-refractivity contribution in [3.8, 4) is 5.75 Å². The van der Waals surface area contributed by atoms with Gasteiger partial charge >= 0.3 is 23.9 Å². The largest absolute Gasteiger partial charge is 0.496 e. The van der Waals surface area contributed by atoms with Gasteiger partial charge in [-0.1, -0.05) is 43.7 Å². The normalized spacial score (nSPS) is 19.8. The van der Waals surface area contributed by atoms with Gasteiger partial charge in [-0.25, -0.2) is 0 Å². The number of carbonyl (C=O) groups excluding carboxylic acids is 6. The van der Waals surface area contributed by atoms with Gasteiger partial charge in [0, 0.05) is 33.3 Å². The van der Waals surface area contributed by atoms with E-state index in [-0.39, 0.29) is 12.5 Å². The highest BCUT2D eigenvalue weighted by atomic mass is 16.7. The first kappa shape index (κ1) is 45.2. The number of hydrogen-bond donors (Lipinski definition) is 2. The van der Waals surface area contributed by atoms with E-state index in [0.717, 1.165) is 34.2 Å². The minimum absolute atomic E-state index is 0.346. The number of nitrogens with one attached hydrogen (secondary N) is 1. The van der Waals surface area contributed by atoms with Crippen LogP contribution in [0.2, 0.25) is 0 Å². The number of nitrogens with two attached hydrogens (primary N) is 1. The topological polar surface area (TPSA) is 196 Å². The summed E-state index contributed by atoms with van der Waals surface area (Å²) < 4.78 is 34.7. The number of ether oxygens (including phenoxy) is 6. The number of methoxy groups -OCH3 is 1. The molecule has 0 radical (unpaired) electrons. The summed E-state index contributed by atoms with van der Waals surface area (Å²) in [5, 5.41) is 2.71. The van der Waals surface area contributed by atoms with Crippen molar-refractivity contribution in [2.24, 2.45) is 11.1 Å². The number of amides is 2. The number of hydrogen-bond acceptors (Lipinski definition) is 12. The number of primary amides is 1. The minimum Gasteiger partial charge on any atom is -0.496 e. The third-order valence-electron chi connectivity index (χ3n) is 9.44. The SMILES string of the molecule is CCCc1cc(OC)c([C@@H]2O[C@H](COC(C)=O)[C@@H](OC(C)=O)[C@H](OC(C)=O)[C@H]2OC(C)=O)cc1Cc1ccc(/C=C/C(C)(C)C(=O)NC(C)(C)C(N)=O)cc1C. The second-order valence-electron chi connectivity index (χ2n) is 15.1. The molecule has 0 aromatic heterocycles. The second-order valence-corrected chi connectivity index (χ2v) is 15.1. The zero-order valence-corrected chi connectivity index (χ0v) is 34.2. The molecule has 3 rings (SSSR count). The standard InChI is InChI=1S/C42H56N2O12/c1-12-13-30-21-33(51-11)32(35-37(54-26(5)47)38(55-27(6)48)36(53-25(4)46)34(56-35)22-52-24(3)45)20-31(30)19-29-15-14-28(18-23(29)2)16-17-41(7,8)40(50)44-42(9,10)39(43)49/h14-18,20-21,34-38H,12-13,19,22H2,1-11H3,(H2,43,49)(H,44,50)/b17-16+/t34-,35+,36-,37+,38+/m1/s1. The molecule has 0 unspecified atom stereocenters. The second kappa shape index (κ2) is 19.1. The average Bonchev–Trinajstić information content (AvgIpc) is 3.09. The number of rotatable bonds is 16. The van der Waals surface area contributed by atoms with Gasteiger partial charge in [0.05, 0.1) is 12.5 Å². The van der Waals surface area contributed by atoms with Crippen molar-refractivity contribution in [3.05, 3.63) is 69.8 Å². The van der Waals surface area contributed by atoms with Gasteiger partial charge in [0.25, 0.3) is 0 Å². The Kier molecular flexibility index (Phi) is 15.4. The van der Waals surface area contributed by atoms with E-state index in [0.29, 0.717) is 24.2 Å². The number of esters is 4. The molecule has 1 aliphatic rings. The molecule has 0 aliphatic carbocycles.